The zero-order valence-corrected chi connectivity index (χ0v) is 8.38. The fourth-order valence-corrected chi connectivity index (χ4v) is 1.33. The van der Waals surface area contributed by atoms with Crippen LogP contribution in [-0.4, -0.2) is 10.2 Å². The van der Waals surface area contributed by atoms with Crippen LogP contribution < -0.4 is 11.3 Å². The number of hydrogen-bond acceptors (Lipinski definition) is 5. The van der Waals surface area contributed by atoms with Crippen LogP contribution in [0.5, 0.6) is 0 Å². The normalized spacial score (nSPS) is 9.50. The molecule has 0 saturated heterocycles. The summed E-state index contributed by atoms with van der Waals surface area (Å²) in [6.45, 7) is 0. The van der Waals surface area contributed by atoms with Crippen LogP contribution in [0.25, 0.3) is 11.3 Å². The molecule has 0 spiro atoms. The summed E-state index contributed by atoms with van der Waals surface area (Å²) in [4.78, 5) is 0. The lowest BCUT2D eigenvalue weighted by molar-refractivity contribution is 1.02. The van der Waals surface area contributed by atoms with E-state index in [-0.39, 0.29) is 5.82 Å². The molecular weight excluding hydrogens is 202 g/mol. The third-order valence-electron chi connectivity index (χ3n) is 2.12. The van der Waals surface area contributed by atoms with Gasteiger partial charge in [-0.3, -0.25) is 0 Å². The largest absolute Gasteiger partial charge is 0.306 e. The number of benzene rings is 1. The second kappa shape index (κ2) is 4.38. The molecule has 0 fully saturated rings. The van der Waals surface area contributed by atoms with Gasteiger partial charge >= 0.3 is 0 Å². The van der Waals surface area contributed by atoms with Gasteiger partial charge in [-0.1, -0.05) is 30.3 Å². The van der Waals surface area contributed by atoms with E-state index in [1.165, 1.54) is 0 Å². The summed E-state index contributed by atoms with van der Waals surface area (Å²) in [7, 11) is 0. The van der Waals surface area contributed by atoms with Crippen molar-refractivity contribution in [3.63, 3.8) is 0 Å². The van der Waals surface area contributed by atoms with Crippen molar-refractivity contribution in [2.45, 2.75) is 0 Å². The molecule has 16 heavy (non-hydrogen) atoms. The molecule has 78 valence electrons. The summed E-state index contributed by atoms with van der Waals surface area (Å²) in [6.07, 6.45) is 0. The number of nitriles is 1. The first-order valence-electron chi connectivity index (χ1n) is 4.65. The summed E-state index contributed by atoms with van der Waals surface area (Å²) in [5.41, 5.74) is 4.26. The lowest BCUT2D eigenvalue weighted by Crippen LogP contribution is -2.11. The number of nitrogens with zero attached hydrogens (tertiary/aromatic N) is 3. The van der Waals surface area contributed by atoms with Crippen LogP contribution in [0, 0.1) is 11.3 Å². The van der Waals surface area contributed by atoms with Gasteiger partial charge in [-0.05, 0) is 6.07 Å². The molecule has 0 aliphatic rings. The molecule has 0 aliphatic carbocycles. The number of anilines is 1. The Bertz CT molecular complexity index is 530. The minimum atomic E-state index is 0.280. The van der Waals surface area contributed by atoms with Gasteiger partial charge in [0, 0.05) is 5.56 Å². The number of aromatic nitrogens is 2. The molecule has 0 bridgehead atoms. The van der Waals surface area contributed by atoms with E-state index in [9.17, 15) is 0 Å². The maximum Gasteiger partial charge on any atom is 0.180 e. The third-order valence-corrected chi connectivity index (χ3v) is 2.12. The first-order valence-corrected chi connectivity index (χ1v) is 4.65. The van der Waals surface area contributed by atoms with Gasteiger partial charge in [0.05, 0.1) is 11.3 Å². The summed E-state index contributed by atoms with van der Waals surface area (Å²) >= 11 is 0. The van der Waals surface area contributed by atoms with Crippen molar-refractivity contribution in [3.8, 4) is 17.3 Å². The smallest absolute Gasteiger partial charge is 0.180 e. The monoisotopic (exact) mass is 211 g/mol. The second-order valence-electron chi connectivity index (χ2n) is 3.11. The second-order valence-corrected chi connectivity index (χ2v) is 3.11. The molecule has 5 nitrogen and oxygen atoms in total. The van der Waals surface area contributed by atoms with E-state index in [0.29, 0.717) is 11.3 Å². The molecule has 1 aromatic carbocycles. The van der Waals surface area contributed by atoms with Crippen LogP contribution >= 0.6 is 0 Å². The molecule has 3 N–H and O–H groups in total. The van der Waals surface area contributed by atoms with Crippen molar-refractivity contribution in [2.24, 2.45) is 5.84 Å². The van der Waals surface area contributed by atoms with E-state index < -0.39 is 0 Å². The van der Waals surface area contributed by atoms with Crippen molar-refractivity contribution in [1.82, 2.24) is 10.2 Å². The Balaban J connectivity index is 2.49. The molecule has 5 heteroatoms. The van der Waals surface area contributed by atoms with Crippen LogP contribution in [0.4, 0.5) is 5.82 Å². The highest BCUT2D eigenvalue weighted by Gasteiger charge is 2.06. The Hall–Kier alpha value is -2.45. The number of hydrogen-bond donors (Lipinski definition) is 2. The summed E-state index contributed by atoms with van der Waals surface area (Å²) in [5.74, 6) is 5.49. The SMILES string of the molecule is N#Cc1cc(-c2ccccc2)nnc1NN. The molecule has 0 atom stereocenters. The molecule has 0 unspecified atom stereocenters. The standard InChI is InChI=1S/C11H9N5/c12-7-9-6-10(15-16-11(9)14-13)8-4-2-1-3-5-8/h1-6H,13H2,(H,14,16). The van der Waals surface area contributed by atoms with Crippen molar-refractivity contribution in [2.75, 3.05) is 5.43 Å². The molecular formula is C11H9N5. The highest BCUT2D eigenvalue weighted by atomic mass is 15.3. The summed E-state index contributed by atoms with van der Waals surface area (Å²) in [5, 5.41) is 16.7. The molecule has 1 heterocycles. The minimum absolute atomic E-state index is 0.280. The van der Waals surface area contributed by atoms with E-state index in [0.717, 1.165) is 5.56 Å². The number of nitrogens with two attached hydrogens (primary N) is 1. The van der Waals surface area contributed by atoms with Gasteiger partial charge < -0.3 is 5.43 Å². The maximum atomic E-state index is 8.91. The first kappa shape index (κ1) is 10.1. The molecule has 0 radical (unpaired) electrons. The van der Waals surface area contributed by atoms with Crippen molar-refractivity contribution < 1.29 is 0 Å². The fraction of sp³-hybridized carbons (Fsp3) is 0. The van der Waals surface area contributed by atoms with Crippen LogP contribution in [0.2, 0.25) is 0 Å². The van der Waals surface area contributed by atoms with Crippen LogP contribution in [-0.2, 0) is 0 Å². The quantitative estimate of drug-likeness (QED) is 0.577. The van der Waals surface area contributed by atoms with Gasteiger partial charge in [-0.15, -0.1) is 10.2 Å². The van der Waals surface area contributed by atoms with Crippen LogP contribution in [0.1, 0.15) is 5.56 Å². The predicted molar refractivity (Wildman–Crippen MR) is 60.0 cm³/mol. The Morgan fingerprint density at radius 3 is 2.56 bits per heavy atom. The van der Waals surface area contributed by atoms with Gasteiger partial charge in [0.1, 0.15) is 6.07 Å². The number of hydrazine groups is 1. The Morgan fingerprint density at radius 1 is 1.19 bits per heavy atom. The first-order chi connectivity index (χ1) is 7.85. The van der Waals surface area contributed by atoms with E-state index in [4.69, 9.17) is 11.1 Å². The predicted octanol–water partition coefficient (Wildman–Crippen LogP) is 1.30. The van der Waals surface area contributed by atoms with E-state index >= 15 is 0 Å². The van der Waals surface area contributed by atoms with Gasteiger partial charge in [0.2, 0.25) is 0 Å². The molecule has 0 aliphatic heterocycles. The van der Waals surface area contributed by atoms with Crippen LogP contribution in [0.15, 0.2) is 36.4 Å². The number of rotatable bonds is 2. The molecule has 0 saturated carbocycles. The summed E-state index contributed by atoms with van der Waals surface area (Å²) < 4.78 is 0. The molecule has 2 aromatic rings. The molecule has 0 amide bonds. The lowest BCUT2D eigenvalue weighted by Gasteiger charge is -2.03. The fourth-order valence-electron chi connectivity index (χ4n) is 1.33. The highest BCUT2D eigenvalue weighted by Crippen LogP contribution is 2.19. The molecule has 1 aromatic heterocycles. The van der Waals surface area contributed by atoms with Crippen LogP contribution in [0.3, 0.4) is 0 Å². The van der Waals surface area contributed by atoms with E-state index in [1.807, 2.05) is 36.4 Å². The highest BCUT2D eigenvalue weighted by molar-refractivity contribution is 5.63. The van der Waals surface area contributed by atoms with Crippen molar-refractivity contribution >= 4 is 5.82 Å². The lowest BCUT2D eigenvalue weighted by atomic mass is 10.1. The number of nitrogens with one attached hydrogen (secondary N) is 1. The average molecular weight is 211 g/mol. The van der Waals surface area contributed by atoms with Crippen molar-refractivity contribution in [3.05, 3.63) is 42.0 Å². The van der Waals surface area contributed by atoms with Crippen molar-refractivity contribution in [1.29, 1.82) is 5.26 Å². The zero-order chi connectivity index (χ0) is 11.4. The Kier molecular flexibility index (Phi) is 2.76. The zero-order valence-electron chi connectivity index (χ0n) is 8.38. The minimum Gasteiger partial charge on any atom is -0.306 e. The third kappa shape index (κ3) is 1.82. The maximum absolute atomic E-state index is 8.91. The van der Waals surface area contributed by atoms with Gasteiger partial charge in [-0.2, -0.15) is 5.26 Å². The Morgan fingerprint density at radius 2 is 1.94 bits per heavy atom. The van der Waals surface area contributed by atoms with Gasteiger partial charge in [0.15, 0.2) is 5.82 Å². The van der Waals surface area contributed by atoms with E-state index in [2.05, 4.69) is 15.6 Å². The number of nitrogen functional groups attached to an aromatic ring is 1. The average Bonchev–Trinajstić information content (AvgIpc) is 2.39. The Labute approximate surface area is 92.5 Å². The molecule has 2 rings (SSSR count). The topological polar surface area (TPSA) is 87.6 Å². The van der Waals surface area contributed by atoms with Gasteiger partial charge in [-0.25, -0.2) is 5.84 Å². The van der Waals surface area contributed by atoms with Gasteiger partial charge in [0.25, 0.3) is 0 Å². The van der Waals surface area contributed by atoms with E-state index in [1.54, 1.807) is 6.07 Å². The summed E-state index contributed by atoms with van der Waals surface area (Å²) in [6, 6.07) is 13.2.